The minimum absolute atomic E-state index is 0.430. The Hall–Kier alpha value is -1.39. The van der Waals surface area contributed by atoms with Crippen molar-refractivity contribution in [3.05, 3.63) is 30.0 Å². The van der Waals surface area contributed by atoms with E-state index in [1.165, 1.54) is 0 Å². The number of aromatic amines is 1. The van der Waals surface area contributed by atoms with E-state index in [9.17, 15) is 0 Å². The molecule has 2 rings (SSSR count). The molecule has 4 heteroatoms. The molecule has 62 valence electrons. The highest BCUT2D eigenvalue weighted by Gasteiger charge is 2.00. The van der Waals surface area contributed by atoms with Crippen LogP contribution in [0.25, 0.3) is 10.9 Å². The number of nitrogens with one attached hydrogen (secondary N) is 2. The van der Waals surface area contributed by atoms with Crippen molar-refractivity contribution in [1.29, 1.82) is 0 Å². The number of hydrogen-bond acceptors (Lipinski definition) is 3. The molecule has 0 aliphatic rings. The van der Waals surface area contributed by atoms with E-state index in [1.54, 1.807) is 6.20 Å². The van der Waals surface area contributed by atoms with E-state index in [2.05, 4.69) is 15.7 Å². The third-order valence-electron chi connectivity index (χ3n) is 1.83. The maximum Gasteiger partial charge on any atom is 0.0696 e. The Labute approximate surface area is 69.2 Å². The predicted octanol–water partition coefficient (Wildman–Crippen LogP) is 1.04. The fourth-order valence-electron chi connectivity index (χ4n) is 1.26. The van der Waals surface area contributed by atoms with E-state index in [0.29, 0.717) is 6.54 Å². The van der Waals surface area contributed by atoms with E-state index in [-0.39, 0.29) is 0 Å². The summed E-state index contributed by atoms with van der Waals surface area (Å²) in [6.07, 6.45) is 1.76. The minimum atomic E-state index is 0.430. The summed E-state index contributed by atoms with van der Waals surface area (Å²) in [5, 5.41) is 16.4. The van der Waals surface area contributed by atoms with E-state index in [4.69, 9.17) is 5.21 Å². The normalized spacial score (nSPS) is 10.8. The maximum atomic E-state index is 8.53. The van der Waals surface area contributed by atoms with Gasteiger partial charge in [-0.2, -0.15) is 5.10 Å². The lowest BCUT2D eigenvalue weighted by atomic mass is 10.1. The Bertz CT molecular complexity index is 382. The van der Waals surface area contributed by atoms with Crippen LogP contribution in [0.15, 0.2) is 24.4 Å². The first-order valence-corrected chi connectivity index (χ1v) is 3.70. The zero-order valence-corrected chi connectivity index (χ0v) is 6.41. The van der Waals surface area contributed by atoms with Crippen molar-refractivity contribution in [3.8, 4) is 0 Å². The minimum Gasteiger partial charge on any atom is -0.316 e. The van der Waals surface area contributed by atoms with Gasteiger partial charge in [-0.1, -0.05) is 18.2 Å². The molecule has 0 saturated carbocycles. The number of hydroxylamine groups is 1. The summed E-state index contributed by atoms with van der Waals surface area (Å²) in [7, 11) is 0. The van der Waals surface area contributed by atoms with Crippen LogP contribution in [0, 0.1) is 0 Å². The molecule has 0 amide bonds. The number of nitrogens with zero attached hydrogens (tertiary/aromatic N) is 1. The lowest BCUT2D eigenvalue weighted by molar-refractivity contribution is 0.161. The van der Waals surface area contributed by atoms with Crippen molar-refractivity contribution in [2.45, 2.75) is 6.54 Å². The lowest BCUT2D eigenvalue weighted by Gasteiger charge is -1.99. The summed E-state index contributed by atoms with van der Waals surface area (Å²) in [6.45, 7) is 0.430. The van der Waals surface area contributed by atoms with Crippen LogP contribution in [0.2, 0.25) is 0 Å². The molecule has 0 saturated heterocycles. The average Bonchev–Trinajstić information content (AvgIpc) is 2.53. The molecule has 2 aromatic rings. The van der Waals surface area contributed by atoms with Crippen LogP contribution in [0.3, 0.4) is 0 Å². The first kappa shape index (κ1) is 7.27. The maximum absolute atomic E-state index is 8.53. The number of hydrogen-bond donors (Lipinski definition) is 3. The van der Waals surface area contributed by atoms with Crippen molar-refractivity contribution in [2.24, 2.45) is 0 Å². The summed E-state index contributed by atoms with van der Waals surface area (Å²) in [5.41, 5.74) is 4.10. The Morgan fingerprint density at radius 1 is 1.50 bits per heavy atom. The predicted molar refractivity (Wildman–Crippen MR) is 44.7 cm³/mol. The van der Waals surface area contributed by atoms with Gasteiger partial charge in [0, 0.05) is 11.9 Å². The van der Waals surface area contributed by atoms with Gasteiger partial charge in [-0.15, -0.1) is 0 Å². The molecule has 0 spiro atoms. The zero-order valence-electron chi connectivity index (χ0n) is 6.41. The molecule has 3 N–H and O–H groups in total. The van der Waals surface area contributed by atoms with Crippen LogP contribution in [-0.4, -0.2) is 15.4 Å². The fourth-order valence-corrected chi connectivity index (χ4v) is 1.26. The molecule has 0 atom stereocenters. The summed E-state index contributed by atoms with van der Waals surface area (Å²) < 4.78 is 0. The van der Waals surface area contributed by atoms with Crippen molar-refractivity contribution >= 4 is 10.9 Å². The van der Waals surface area contributed by atoms with Gasteiger partial charge in [0.05, 0.1) is 11.7 Å². The largest absolute Gasteiger partial charge is 0.316 e. The fraction of sp³-hybridized carbons (Fsp3) is 0.125. The molecule has 1 heterocycles. The number of fused-ring (bicyclic) bond motifs is 1. The van der Waals surface area contributed by atoms with Gasteiger partial charge in [0.25, 0.3) is 0 Å². The van der Waals surface area contributed by atoms with Crippen LogP contribution in [0.5, 0.6) is 0 Å². The first-order valence-electron chi connectivity index (χ1n) is 3.70. The number of rotatable bonds is 2. The molecular formula is C8H9N3O. The van der Waals surface area contributed by atoms with E-state index < -0.39 is 0 Å². The first-order chi connectivity index (χ1) is 5.92. The van der Waals surface area contributed by atoms with Gasteiger partial charge < -0.3 is 5.21 Å². The third-order valence-corrected chi connectivity index (χ3v) is 1.83. The van der Waals surface area contributed by atoms with Gasteiger partial charge in [-0.05, 0) is 5.56 Å². The second-order valence-corrected chi connectivity index (χ2v) is 2.59. The van der Waals surface area contributed by atoms with E-state index in [0.717, 1.165) is 16.5 Å². The van der Waals surface area contributed by atoms with Gasteiger partial charge in [0.15, 0.2) is 0 Å². The van der Waals surface area contributed by atoms with Crippen LogP contribution in [-0.2, 0) is 6.54 Å². The van der Waals surface area contributed by atoms with Crippen molar-refractivity contribution in [1.82, 2.24) is 15.7 Å². The zero-order chi connectivity index (χ0) is 8.39. The van der Waals surface area contributed by atoms with Crippen LogP contribution in [0.4, 0.5) is 0 Å². The molecule has 1 aromatic heterocycles. The van der Waals surface area contributed by atoms with Crippen LogP contribution < -0.4 is 5.48 Å². The monoisotopic (exact) mass is 163 g/mol. The Balaban J connectivity index is 2.57. The second kappa shape index (κ2) is 2.92. The van der Waals surface area contributed by atoms with E-state index >= 15 is 0 Å². The Kier molecular flexibility index (Phi) is 1.77. The molecule has 0 unspecified atom stereocenters. The van der Waals surface area contributed by atoms with Crippen molar-refractivity contribution < 1.29 is 5.21 Å². The molecule has 12 heavy (non-hydrogen) atoms. The summed E-state index contributed by atoms with van der Waals surface area (Å²) in [5.74, 6) is 0. The van der Waals surface area contributed by atoms with Gasteiger partial charge in [-0.25, -0.2) is 5.48 Å². The highest BCUT2D eigenvalue weighted by Crippen LogP contribution is 2.14. The smallest absolute Gasteiger partial charge is 0.0696 e. The molecule has 0 aliphatic carbocycles. The molecule has 0 fully saturated rings. The van der Waals surface area contributed by atoms with Crippen molar-refractivity contribution in [3.63, 3.8) is 0 Å². The average molecular weight is 163 g/mol. The SMILES string of the molecule is ONCc1cccc2cn[nH]c12. The van der Waals surface area contributed by atoms with Gasteiger partial charge in [0.2, 0.25) is 0 Å². The molecule has 0 radical (unpaired) electrons. The Morgan fingerprint density at radius 2 is 2.42 bits per heavy atom. The molecule has 0 aliphatic heterocycles. The van der Waals surface area contributed by atoms with Gasteiger partial charge in [-0.3, -0.25) is 5.10 Å². The van der Waals surface area contributed by atoms with Crippen LogP contribution >= 0.6 is 0 Å². The lowest BCUT2D eigenvalue weighted by Crippen LogP contribution is -2.06. The summed E-state index contributed by atoms with van der Waals surface area (Å²) >= 11 is 0. The van der Waals surface area contributed by atoms with Gasteiger partial charge in [0.1, 0.15) is 0 Å². The quantitative estimate of drug-likeness (QED) is 0.580. The van der Waals surface area contributed by atoms with Crippen molar-refractivity contribution in [2.75, 3.05) is 0 Å². The van der Waals surface area contributed by atoms with E-state index in [1.807, 2.05) is 18.2 Å². The standard InChI is InChI=1S/C8H9N3O/c12-10-5-7-3-1-2-6-4-9-11-8(6)7/h1-4,10,12H,5H2,(H,9,11). The highest BCUT2D eigenvalue weighted by molar-refractivity contribution is 5.81. The number of benzene rings is 1. The number of para-hydroxylation sites is 1. The molecule has 0 bridgehead atoms. The molecule has 1 aromatic carbocycles. The van der Waals surface area contributed by atoms with Crippen LogP contribution in [0.1, 0.15) is 5.56 Å². The number of aromatic nitrogens is 2. The molecule has 4 nitrogen and oxygen atoms in total. The highest BCUT2D eigenvalue weighted by atomic mass is 16.5. The number of H-pyrrole nitrogens is 1. The topological polar surface area (TPSA) is 60.9 Å². The second-order valence-electron chi connectivity index (χ2n) is 2.59. The summed E-state index contributed by atoms with van der Waals surface area (Å²) in [4.78, 5) is 0. The Morgan fingerprint density at radius 3 is 3.25 bits per heavy atom. The molecular weight excluding hydrogens is 154 g/mol. The van der Waals surface area contributed by atoms with Gasteiger partial charge >= 0.3 is 0 Å². The third kappa shape index (κ3) is 1.07. The summed E-state index contributed by atoms with van der Waals surface area (Å²) in [6, 6.07) is 5.84.